The number of likely N-dealkylation sites (tertiary alicyclic amines) is 1. The van der Waals surface area contributed by atoms with E-state index in [0.717, 1.165) is 22.2 Å². The zero-order chi connectivity index (χ0) is 20.8. The maximum absolute atomic E-state index is 6.14. The van der Waals surface area contributed by atoms with Gasteiger partial charge in [0.05, 0.1) is 0 Å². The molecule has 0 aromatic heterocycles. The summed E-state index contributed by atoms with van der Waals surface area (Å²) >= 11 is 6.14. The minimum absolute atomic E-state index is 0.565. The van der Waals surface area contributed by atoms with Crippen LogP contribution in [0.1, 0.15) is 63.0 Å². The quantitative estimate of drug-likeness (QED) is 0.506. The fourth-order valence-corrected chi connectivity index (χ4v) is 5.21. The van der Waals surface area contributed by atoms with Crippen molar-refractivity contribution in [2.75, 3.05) is 19.6 Å². The van der Waals surface area contributed by atoms with Gasteiger partial charge in [-0.2, -0.15) is 0 Å². The molecule has 0 amide bonds. The van der Waals surface area contributed by atoms with Gasteiger partial charge in [-0.05, 0) is 112 Å². The molecular weight excluding hydrogens is 376 g/mol. The molecule has 1 saturated carbocycles. The normalized spacial score (nSPS) is 23.5. The van der Waals surface area contributed by atoms with Gasteiger partial charge in [0.1, 0.15) is 0 Å². The lowest BCUT2D eigenvalue weighted by molar-refractivity contribution is 0.180. The molecule has 1 aliphatic heterocycles. The second-order valence-corrected chi connectivity index (χ2v) is 9.44. The fraction of sp³-hybridized carbons (Fsp3) is 0.538. The van der Waals surface area contributed by atoms with Gasteiger partial charge >= 0.3 is 0 Å². The van der Waals surface area contributed by atoms with Gasteiger partial charge in [-0.3, -0.25) is 0 Å². The van der Waals surface area contributed by atoms with Crippen LogP contribution in [0.4, 0.5) is 0 Å². The molecule has 0 radical (unpaired) electrons. The molecule has 0 atom stereocenters. The zero-order valence-electron chi connectivity index (χ0n) is 18.1. The summed E-state index contributed by atoms with van der Waals surface area (Å²) < 4.78 is 0. The summed E-state index contributed by atoms with van der Waals surface area (Å²) in [4.78, 5) is 2.66. The minimum atomic E-state index is 0.565. The second kappa shape index (κ2) is 10.5. The summed E-state index contributed by atoms with van der Waals surface area (Å²) in [5, 5.41) is 4.28. The third-order valence-corrected chi connectivity index (χ3v) is 7.05. The zero-order valence-corrected chi connectivity index (χ0v) is 18.8. The lowest BCUT2D eigenvalue weighted by Gasteiger charge is -2.35. The lowest BCUT2D eigenvalue weighted by Crippen LogP contribution is -2.36. The predicted molar refractivity (Wildman–Crippen MR) is 128 cm³/mol. The third kappa shape index (κ3) is 6.23. The molecule has 29 heavy (non-hydrogen) atoms. The topological polar surface area (TPSA) is 15.3 Å². The number of rotatable bonds is 8. The lowest BCUT2D eigenvalue weighted by atomic mass is 9.83. The van der Waals surface area contributed by atoms with Crippen molar-refractivity contribution in [3.63, 3.8) is 0 Å². The molecular formula is C26H37ClN2. The molecule has 1 heterocycles. The Kier molecular flexibility index (Phi) is 8.03. The largest absolute Gasteiger partial charge is 0.386 e. The van der Waals surface area contributed by atoms with E-state index in [9.17, 15) is 0 Å². The standard InChI is InChI=1S/C26H37ClN2/c1-5-22-18-24(27)8-11-26(22)20(4)23-13-16-29(17-14-23)15-12-21-6-9-25(10-7-21)28-19(2)3/h5,8,11,18,21,23,25,28H,1-2,4,6-7,9-10,12-17H2,3H3. The van der Waals surface area contributed by atoms with Crippen LogP contribution in [0.2, 0.25) is 5.02 Å². The smallest absolute Gasteiger partial charge is 0.0412 e. The Bertz CT molecular complexity index is 722. The summed E-state index contributed by atoms with van der Waals surface area (Å²) in [6.07, 6.45) is 11.0. The highest BCUT2D eigenvalue weighted by Crippen LogP contribution is 2.34. The Morgan fingerprint density at radius 2 is 1.83 bits per heavy atom. The van der Waals surface area contributed by atoms with E-state index in [1.807, 2.05) is 18.2 Å². The summed E-state index contributed by atoms with van der Waals surface area (Å²) in [7, 11) is 0. The van der Waals surface area contributed by atoms with Crippen LogP contribution in [0.25, 0.3) is 11.6 Å². The first kappa shape index (κ1) is 22.2. The number of hydrogen-bond acceptors (Lipinski definition) is 2. The molecule has 0 spiro atoms. The molecule has 158 valence electrons. The van der Waals surface area contributed by atoms with Crippen molar-refractivity contribution < 1.29 is 0 Å². The Balaban J connectivity index is 1.41. The van der Waals surface area contributed by atoms with Crippen LogP contribution in [0.15, 0.2) is 43.6 Å². The molecule has 2 nitrogen and oxygen atoms in total. The van der Waals surface area contributed by atoms with Gasteiger partial charge in [0.2, 0.25) is 0 Å². The van der Waals surface area contributed by atoms with Crippen molar-refractivity contribution in [1.29, 1.82) is 0 Å². The molecule has 2 fully saturated rings. The Hall–Kier alpha value is -1.51. The van der Waals surface area contributed by atoms with E-state index in [4.69, 9.17) is 11.6 Å². The number of benzene rings is 1. The third-order valence-electron chi connectivity index (χ3n) is 6.81. The molecule has 3 heteroatoms. The van der Waals surface area contributed by atoms with Gasteiger partial charge < -0.3 is 10.2 Å². The number of halogens is 1. The van der Waals surface area contributed by atoms with Crippen molar-refractivity contribution in [3.05, 3.63) is 59.8 Å². The van der Waals surface area contributed by atoms with Crippen molar-refractivity contribution in [2.24, 2.45) is 11.8 Å². The Labute approximate surface area is 182 Å². The van der Waals surface area contributed by atoms with Gasteiger partial charge in [-0.1, -0.05) is 43.5 Å². The summed E-state index contributed by atoms with van der Waals surface area (Å²) in [6.45, 7) is 18.1. The van der Waals surface area contributed by atoms with E-state index in [1.54, 1.807) is 0 Å². The van der Waals surface area contributed by atoms with Gasteiger partial charge in [-0.15, -0.1) is 0 Å². The molecule has 1 aromatic carbocycles. The summed E-state index contributed by atoms with van der Waals surface area (Å²) in [6, 6.07) is 6.71. The number of hydrogen-bond donors (Lipinski definition) is 1. The van der Waals surface area contributed by atoms with Crippen molar-refractivity contribution in [3.8, 4) is 0 Å². The van der Waals surface area contributed by atoms with E-state index in [-0.39, 0.29) is 0 Å². The summed E-state index contributed by atoms with van der Waals surface area (Å²) in [5.74, 6) is 1.46. The van der Waals surface area contributed by atoms with E-state index in [1.165, 1.54) is 75.7 Å². The predicted octanol–water partition coefficient (Wildman–Crippen LogP) is 6.78. The van der Waals surface area contributed by atoms with Crippen LogP contribution in [-0.2, 0) is 0 Å². The number of nitrogens with one attached hydrogen (secondary N) is 1. The highest BCUT2D eigenvalue weighted by molar-refractivity contribution is 6.30. The first-order valence-electron chi connectivity index (χ1n) is 11.2. The highest BCUT2D eigenvalue weighted by atomic mass is 35.5. The maximum atomic E-state index is 6.14. The molecule has 2 aliphatic rings. The van der Waals surface area contributed by atoms with E-state index >= 15 is 0 Å². The van der Waals surface area contributed by atoms with Crippen LogP contribution < -0.4 is 5.32 Å². The number of piperidine rings is 1. The molecule has 0 unspecified atom stereocenters. The van der Waals surface area contributed by atoms with Crippen molar-refractivity contribution in [1.82, 2.24) is 10.2 Å². The van der Waals surface area contributed by atoms with E-state index < -0.39 is 0 Å². The maximum Gasteiger partial charge on any atom is 0.0412 e. The molecule has 1 N–H and O–H groups in total. The molecule has 1 aromatic rings. The van der Waals surface area contributed by atoms with Gasteiger partial charge in [-0.25, -0.2) is 0 Å². The first-order valence-corrected chi connectivity index (χ1v) is 11.6. The van der Waals surface area contributed by atoms with Gasteiger partial charge in [0.25, 0.3) is 0 Å². The molecule has 0 bridgehead atoms. The van der Waals surface area contributed by atoms with E-state index in [2.05, 4.69) is 42.9 Å². The van der Waals surface area contributed by atoms with Gasteiger partial charge in [0, 0.05) is 16.8 Å². The minimum Gasteiger partial charge on any atom is -0.386 e. The van der Waals surface area contributed by atoms with Crippen molar-refractivity contribution in [2.45, 2.75) is 57.9 Å². The van der Waals surface area contributed by atoms with Crippen molar-refractivity contribution >= 4 is 23.3 Å². The highest BCUT2D eigenvalue weighted by Gasteiger charge is 2.25. The number of nitrogens with zero attached hydrogens (tertiary/aromatic N) is 1. The molecule has 3 rings (SSSR count). The fourth-order valence-electron chi connectivity index (χ4n) is 5.03. The average Bonchev–Trinajstić information content (AvgIpc) is 2.72. The van der Waals surface area contributed by atoms with Crippen LogP contribution >= 0.6 is 11.6 Å². The summed E-state index contributed by atoms with van der Waals surface area (Å²) in [5.41, 5.74) is 4.67. The SMILES string of the molecule is C=Cc1cc(Cl)ccc1C(=C)C1CCN(CCC2CCC(NC(=C)C)CC2)CC1. The van der Waals surface area contributed by atoms with Crippen LogP contribution in [0, 0.1) is 11.8 Å². The monoisotopic (exact) mass is 412 g/mol. The number of allylic oxidation sites excluding steroid dienone is 2. The van der Waals surface area contributed by atoms with Gasteiger partial charge in [0.15, 0.2) is 0 Å². The van der Waals surface area contributed by atoms with Crippen LogP contribution in [-0.4, -0.2) is 30.6 Å². The van der Waals surface area contributed by atoms with Crippen LogP contribution in [0.3, 0.4) is 0 Å². The first-order chi connectivity index (χ1) is 14.0. The average molecular weight is 413 g/mol. The Morgan fingerprint density at radius 1 is 1.14 bits per heavy atom. The Morgan fingerprint density at radius 3 is 2.45 bits per heavy atom. The van der Waals surface area contributed by atoms with Crippen LogP contribution in [0.5, 0.6) is 0 Å². The molecule has 1 saturated heterocycles. The molecule has 1 aliphatic carbocycles. The second-order valence-electron chi connectivity index (χ2n) is 9.01. The van der Waals surface area contributed by atoms with E-state index in [0.29, 0.717) is 12.0 Å².